The van der Waals surface area contributed by atoms with Crippen LogP contribution in [-0.4, -0.2) is 33.9 Å². The number of thioether (sulfide) groups is 2. The van der Waals surface area contributed by atoms with Gasteiger partial charge in [0, 0.05) is 23.8 Å². The van der Waals surface area contributed by atoms with Crippen LogP contribution >= 0.6 is 23.5 Å². The Hall–Kier alpha value is -0.200. The Morgan fingerprint density at radius 2 is 2.35 bits per heavy atom. The highest BCUT2D eigenvalue weighted by Gasteiger charge is 2.31. The van der Waals surface area contributed by atoms with Crippen LogP contribution in [0.3, 0.4) is 0 Å². The van der Waals surface area contributed by atoms with Gasteiger partial charge in [0.1, 0.15) is 0 Å². The third-order valence-electron chi connectivity index (χ3n) is 3.29. The number of hydrogen-bond donors (Lipinski definition) is 1. The molecule has 1 fully saturated rings. The lowest BCUT2D eigenvalue weighted by molar-refractivity contribution is 0.289. The van der Waals surface area contributed by atoms with Gasteiger partial charge in [-0.15, -0.1) is 11.8 Å². The van der Waals surface area contributed by atoms with E-state index in [9.17, 15) is 0 Å². The van der Waals surface area contributed by atoms with Crippen molar-refractivity contribution in [2.75, 3.05) is 23.8 Å². The van der Waals surface area contributed by atoms with Crippen LogP contribution in [0.15, 0.2) is 4.52 Å². The van der Waals surface area contributed by atoms with Crippen LogP contribution < -0.4 is 5.73 Å². The Balaban J connectivity index is 2.14. The smallest absolute Gasteiger partial charge is 0.233 e. The van der Waals surface area contributed by atoms with Crippen LogP contribution in [0, 0.1) is 0 Å². The number of nitrogens with two attached hydrogens (primary N) is 1. The van der Waals surface area contributed by atoms with E-state index in [1.165, 1.54) is 11.5 Å². The summed E-state index contributed by atoms with van der Waals surface area (Å²) in [6.07, 6.45) is 0.914. The van der Waals surface area contributed by atoms with Crippen molar-refractivity contribution in [1.82, 2.24) is 10.1 Å². The zero-order valence-electron chi connectivity index (χ0n) is 10.3. The summed E-state index contributed by atoms with van der Waals surface area (Å²) in [7, 11) is 0. The van der Waals surface area contributed by atoms with E-state index >= 15 is 0 Å². The molecule has 0 spiro atoms. The molecule has 2 N–H and O–H groups in total. The SMILES string of the molecule is CCC(C)(CN)c1nc(C2CSCCS2)no1. The maximum absolute atomic E-state index is 5.80. The van der Waals surface area contributed by atoms with Crippen LogP contribution in [0.2, 0.25) is 0 Å². The van der Waals surface area contributed by atoms with Crippen molar-refractivity contribution in [2.24, 2.45) is 5.73 Å². The summed E-state index contributed by atoms with van der Waals surface area (Å²) >= 11 is 3.88. The normalized spacial score (nSPS) is 24.5. The Kier molecular flexibility index (Phi) is 4.38. The average Bonchev–Trinajstić information content (AvgIpc) is 2.89. The predicted molar refractivity (Wildman–Crippen MR) is 73.5 cm³/mol. The molecule has 0 radical (unpaired) electrons. The summed E-state index contributed by atoms with van der Waals surface area (Å²) in [5, 5.41) is 4.51. The Bertz CT molecular complexity index is 359. The first kappa shape index (κ1) is 13.2. The van der Waals surface area contributed by atoms with Gasteiger partial charge in [0.15, 0.2) is 5.82 Å². The molecule has 17 heavy (non-hydrogen) atoms. The molecule has 1 aromatic heterocycles. The summed E-state index contributed by atoms with van der Waals surface area (Å²) < 4.78 is 5.40. The highest BCUT2D eigenvalue weighted by Crippen LogP contribution is 2.36. The summed E-state index contributed by atoms with van der Waals surface area (Å²) in [4.78, 5) is 4.56. The molecule has 2 rings (SSSR count). The molecule has 4 nitrogen and oxygen atoms in total. The fourth-order valence-electron chi connectivity index (χ4n) is 1.63. The van der Waals surface area contributed by atoms with Gasteiger partial charge in [0.05, 0.1) is 10.7 Å². The second kappa shape index (κ2) is 5.63. The molecular weight excluding hydrogens is 254 g/mol. The standard InChI is InChI=1S/C11H19N3OS2/c1-3-11(2,7-12)10-13-9(14-15-10)8-6-16-4-5-17-8/h8H,3-7,12H2,1-2H3. The molecule has 1 aliphatic heterocycles. The largest absolute Gasteiger partial charge is 0.339 e. The third kappa shape index (κ3) is 2.80. The molecule has 2 unspecified atom stereocenters. The Labute approximate surface area is 110 Å². The molecule has 6 heteroatoms. The average molecular weight is 273 g/mol. The Morgan fingerprint density at radius 3 is 2.94 bits per heavy atom. The predicted octanol–water partition coefficient (Wildman–Crippen LogP) is 2.22. The second-order valence-corrected chi connectivity index (χ2v) is 6.97. The van der Waals surface area contributed by atoms with E-state index in [2.05, 4.69) is 24.0 Å². The molecule has 1 aliphatic rings. The fraction of sp³-hybridized carbons (Fsp3) is 0.818. The van der Waals surface area contributed by atoms with Gasteiger partial charge in [-0.05, 0) is 13.3 Å². The van der Waals surface area contributed by atoms with E-state index in [1.807, 2.05) is 23.5 Å². The molecule has 1 saturated heterocycles. The molecule has 2 atom stereocenters. The van der Waals surface area contributed by atoms with Crippen LogP contribution in [0.1, 0.15) is 37.2 Å². The summed E-state index contributed by atoms with van der Waals surface area (Å²) in [5.74, 6) is 5.00. The highest BCUT2D eigenvalue weighted by molar-refractivity contribution is 8.06. The van der Waals surface area contributed by atoms with Crippen molar-refractivity contribution in [2.45, 2.75) is 30.9 Å². The number of nitrogens with zero attached hydrogens (tertiary/aromatic N) is 2. The lowest BCUT2D eigenvalue weighted by Gasteiger charge is -2.21. The van der Waals surface area contributed by atoms with Gasteiger partial charge in [-0.2, -0.15) is 16.7 Å². The van der Waals surface area contributed by atoms with E-state index in [0.29, 0.717) is 17.7 Å². The molecule has 0 aliphatic carbocycles. The summed E-state index contributed by atoms with van der Waals surface area (Å²) in [5.41, 5.74) is 5.62. The van der Waals surface area contributed by atoms with Gasteiger partial charge in [-0.3, -0.25) is 0 Å². The summed E-state index contributed by atoms with van der Waals surface area (Å²) in [6.45, 7) is 4.71. The molecular formula is C11H19N3OS2. The summed E-state index contributed by atoms with van der Waals surface area (Å²) in [6, 6.07) is 0. The Morgan fingerprint density at radius 1 is 1.53 bits per heavy atom. The van der Waals surface area contributed by atoms with Crippen LogP contribution in [-0.2, 0) is 5.41 Å². The first-order valence-corrected chi connectivity index (χ1v) is 8.13. The van der Waals surface area contributed by atoms with Crippen molar-refractivity contribution in [3.63, 3.8) is 0 Å². The van der Waals surface area contributed by atoms with Gasteiger partial charge in [0.2, 0.25) is 5.89 Å². The van der Waals surface area contributed by atoms with Gasteiger partial charge in [-0.25, -0.2) is 0 Å². The highest BCUT2D eigenvalue weighted by atomic mass is 32.2. The lowest BCUT2D eigenvalue weighted by atomic mass is 9.88. The second-order valence-electron chi connectivity index (χ2n) is 4.51. The van der Waals surface area contributed by atoms with Crippen molar-refractivity contribution >= 4 is 23.5 Å². The van der Waals surface area contributed by atoms with Gasteiger partial charge in [0.25, 0.3) is 0 Å². The van der Waals surface area contributed by atoms with Crippen molar-refractivity contribution in [3.8, 4) is 0 Å². The fourth-order valence-corrected chi connectivity index (χ4v) is 4.22. The monoisotopic (exact) mass is 273 g/mol. The molecule has 2 heterocycles. The van der Waals surface area contributed by atoms with Crippen LogP contribution in [0.25, 0.3) is 0 Å². The zero-order valence-corrected chi connectivity index (χ0v) is 11.9. The lowest BCUT2D eigenvalue weighted by Crippen LogP contribution is -2.31. The van der Waals surface area contributed by atoms with Gasteiger partial charge in [-0.1, -0.05) is 12.1 Å². The molecule has 0 bridgehead atoms. The van der Waals surface area contributed by atoms with Gasteiger partial charge >= 0.3 is 0 Å². The number of rotatable bonds is 4. The molecule has 1 aromatic rings. The van der Waals surface area contributed by atoms with Crippen molar-refractivity contribution in [1.29, 1.82) is 0 Å². The zero-order chi connectivity index (χ0) is 12.3. The molecule has 0 amide bonds. The molecule has 0 saturated carbocycles. The first-order valence-electron chi connectivity index (χ1n) is 5.93. The minimum absolute atomic E-state index is 0.183. The van der Waals surface area contributed by atoms with Crippen LogP contribution in [0.5, 0.6) is 0 Å². The number of hydrogen-bond acceptors (Lipinski definition) is 6. The van der Waals surface area contributed by atoms with E-state index in [1.54, 1.807) is 0 Å². The molecule has 96 valence electrons. The van der Waals surface area contributed by atoms with Crippen LogP contribution in [0.4, 0.5) is 0 Å². The van der Waals surface area contributed by atoms with Crippen molar-refractivity contribution in [3.05, 3.63) is 11.7 Å². The quantitative estimate of drug-likeness (QED) is 0.907. The van der Waals surface area contributed by atoms with E-state index in [4.69, 9.17) is 10.3 Å². The first-order chi connectivity index (χ1) is 8.19. The third-order valence-corrected chi connectivity index (χ3v) is 6.04. The van der Waals surface area contributed by atoms with E-state index in [-0.39, 0.29) is 5.41 Å². The topological polar surface area (TPSA) is 64.9 Å². The minimum atomic E-state index is -0.183. The maximum Gasteiger partial charge on any atom is 0.233 e. The number of aromatic nitrogens is 2. The van der Waals surface area contributed by atoms with Crippen molar-refractivity contribution < 1.29 is 4.52 Å². The maximum atomic E-state index is 5.80. The van der Waals surface area contributed by atoms with E-state index < -0.39 is 0 Å². The van der Waals surface area contributed by atoms with E-state index in [0.717, 1.165) is 18.0 Å². The van der Waals surface area contributed by atoms with Gasteiger partial charge < -0.3 is 10.3 Å². The molecule has 0 aromatic carbocycles. The minimum Gasteiger partial charge on any atom is -0.339 e.